The van der Waals surface area contributed by atoms with Crippen molar-refractivity contribution >= 4 is 17.4 Å². The van der Waals surface area contributed by atoms with Crippen molar-refractivity contribution in [3.63, 3.8) is 0 Å². The van der Waals surface area contributed by atoms with E-state index in [2.05, 4.69) is 5.32 Å². The van der Waals surface area contributed by atoms with Gasteiger partial charge in [0.25, 0.3) is 5.91 Å². The maximum atomic E-state index is 12.5. The number of nitro groups is 1. The van der Waals surface area contributed by atoms with Gasteiger partial charge in [0.2, 0.25) is 12.3 Å². The van der Waals surface area contributed by atoms with E-state index in [1.54, 1.807) is 49.4 Å². The van der Waals surface area contributed by atoms with Crippen LogP contribution >= 0.6 is 0 Å². The first-order valence-electron chi connectivity index (χ1n) is 7.97. The molecule has 0 aliphatic heterocycles. The predicted molar refractivity (Wildman–Crippen MR) is 95.0 cm³/mol. The van der Waals surface area contributed by atoms with Crippen molar-refractivity contribution < 1.29 is 14.5 Å². The summed E-state index contributed by atoms with van der Waals surface area (Å²) in [5.41, 5.74) is 2.20. The van der Waals surface area contributed by atoms with Crippen LogP contribution in [0, 0.1) is 23.0 Å². The lowest BCUT2D eigenvalue weighted by Gasteiger charge is -2.20. The molecule has 0 heterocycles. The van der Waals surface area contributed by atoms with Crippen LogP contribution in [0.15, 0.2) is 54.6 Å². The van der Waals surface area contributed by atoms with E-state index in [9.17, 15) is 19.7 Å². The van der Waals surface area contributed by atoms with Gasteiger partial charge in [0.1, 0.15) is 0 Å². The zero-order valence-electron chi connectivity index (χ0n) is 14.1. The van der Waals surface area contributed by atoms with E-state index in [1.807, 2.05) is 19.1 Å². The minimum atomic E-state index is -0.809. The van der Waals surface area contributed by atoms with E-state index in [-0.39, 0.29) is 0 Å². The van der Waals surface area contributed by atoms with E-state index >= 15 is 0 Å². The Balaban J connectivity index is 2.18. The fourth-order valence-electron chi connectivity index (χ4n) is 2.63. The third-order valence-corrected chi connectivity index (χ3v) is 4.12. The molecule has 2 rings (SSSR count). The number of nitrogens with one attached hydrogen (secondary N) is 1. The molecule has 0 saturated heterocycles. The minimum Gasteiger partial charge on any atom is -0.319 e. The molecular weight excluding hydrogens is 320 g/mol. The summed E-state index contributed by atoms with van der Waals surface area (Å²) in [6.45, 7) is 3.06. The number of Topliss-reactive ketones (excluding diaryl/α,β-unsaturated/α-hetero) is 1. The molecule has 0 saturated carbocycles. The summed E-state index contributed by atoms with van der Waals surface area (Å²) in [4.78, 5) is 35.3. The number of carbonyl (C=O) groups excluding carboxylic acids is 2. The molecule has 2 aromatic carbocycles. The molecule has 2 atom stereocenters. The molecule has 0 bridgehead atoms. The second-order valence-electron chi connectivity index (χ2n) is 6.01. The number of amides is 1. The Morgan fingerprint density at radius 2 is 1.68 bits per heavy atom. The Kier molecular flexibility index (Phi) is 6.00. The highest BCUT2D eigenvalue weighted by Gasteiger charge is 2.33. The first-order valence-corrected chi connectivity index (χ1v) is 7.97. The molecule has 1 N–H and O–H groups in total. The molecule has 6 heteroatoms. The number of nitrogens with zero attached hydrogens (tertiary/aromatic N) is 1. The van der Waals surface area contributed by atoms with Crippen LogP contribution in [0.1, 0.15) is 24.0 Å². The van der Waals surface area contributed by atoms with Gasteiger partial charge in [-0.05, 0) is 24.6 Å². The fourth-order valence-corrected chi connectivity index (χ4v) is 2.63. The molecule has 0 aliphatic rings. The molecule has 1 amide bonds. The first-order chi connectivity index (χ1) is 11.9. The number of benzene rings is 2. The topological polar surface area (TPSA) is 89.3 Å². The number of hydrogen-bond donors (Lipinski definition) is 1. The van der Waals surface area contributed by atoms with Crippen molar-refractivity contribution in [1.29, 1.82) is 0 Å². The molecule has 2 aromatic rings. The number of hydrogen-bond acceptors (Lipinski definition) is 4. The monoisotopic (exact) mass is 340 g/mol. The highest BCUT2D eigenvalue weighted by molar-refractivity contribution is 6.41. The average molecular weight is 340 g/mol. The Labute approximate surface area is 146 Å². The van der Waals surface area contributed by atoms with Gasteiger partial charge in [0.15, 0.2) is 0 Å². The van der Waals surface area contributed by atoms with E-state index < -0.39 is 35.0 Å². The molecule has 25 heavy (non-hydrogen) atoms. The molecule has 0 spiro atoms. The van der Waals surface area contributed by atoms with E-state index in [4.69, 9.17) is 0 Å². The largest absolute Gasteiger partial charge is 0.319 e. The van der Waals surface area contributed by atoms with Gasteiger partial charge < -0.3 is 5.32 Å². The van der Waals surface area contributed by atoms with E-state index in [0.29, 0.717) is 11.3 Å². The Morgan fingerprint density at radius 1 is 1.08 bits per heavy atom. The van der Waals surface area contributed by atoms with Crippen molar-refractivity contribution in [2.75, 3.05) is 11.9 Å². The zero-order chi connectivity index (χ0) is 18.4. The van der Waals surface area contributed by atoms with Gasteiger partial charge in [-0.2, -0.15) is 0 Å². The number of carbonyl (C=O) groups is 2. The highest BCUT2D eigenvalue weighted by Crippen LogP contribution is 2.26. The van der Waals surface area contributed by atoms with Crippen LogP contribution in [0.25, 0.3) is 0 Å². The van der Waals surface area contributed by atoms with Crippen molar-refractivity contribution in [3.05, 3.63) is 75.8 Å². The normalized spacial score (nSPS) is 12.9. The standard InChI is InChI=1S/C19H20N2O4/c1-13-8-10-15(11-9-13)17(12-21(24)25)14(2)18(22)19(23)20-16-6-4-3-5-7-16/h3-11,14,17H,12H2,1-2H3,(H,20,23)/t14-,17+/m1/s1. The second-order valence-corrected chi connectivity index (χ2v) is 6.01. The van der Waals surface area contributed by atoms with Gasteiger partial charge in [0.05, 0.1) is 5.92 Å². The summed E-state index contributed by atoms with van der Waals surface area (Å²) in [6.07, 6.45) is 0. The minimum absolute atomic E-state index is 0.408. The molecule has 130 valence electrons. The number of aryl methyl sites for hydroxylation is 1. The number of anilines is 1. The number of ketones is 1. The van der Waals surface area contributed by atoms with E-state index in [0.717, 1.165) is 5.56 Å². The lowest BCUT2D eigenvalue weighted by Crippen LogP contribution is -2.33. The van der Waals surface area contributed by atoms with Crippen molar-refractivity contribution in [3.8, 4) is 0 Å². The second kappa shape index (κ2) is 8.19. The molecule has 0 aliphatic carbocycles. The summed E-state index contributed by atoms with van der Waals surface area (Å²) in [6, 6.07) is 15.8. The summed E-state index contributed by atoms with van der Waals surface area (Å²) in [5.74, 6) is -2.91. The molecule has 0 unspecified atom stereocenters. The summed E-state index contributed by atoms with van der Waals surface area (Å²) in [7, 11) is 0. The fraction of sp³-hybridized carbons (Fsp3) is 0.263. The van der Waals surface area contributed by atoms with Crippen LogP contribution in [-0.4, -0.2) is 23.2 Å². The predicted octanol–water partition coefficient (Wildman–Crippen LogP) is 3.20. The van der Waals surface area contributed by atoms with Crippen LogP contribution in [0.2, 0.25) is 0 Å². The van der Waals surface area contributed by atoms with E-state index in [1.165, 1.54) is 0 Å². The highest BCUT2D eigenvalue weighted by atomic mass is 16.6. The summed E-state index contributed by atoms with van der Waals surface area (Å²) < 4.78 is 0. The van der Waals surface area contributed by atoms with Crippen molar-refractivity contribution in [2.45, 2.75) is 19.8 Å². The quantitative estimate of drug-likeness (QED) is 0.476. The molecular formula is C19H20N2O4. The lowest BCUT2D eigenvalue weighted by molar-refractivity contribution is -0.484. The Hall–Kier alpha value is -3.02. The summed E-state index contributed by atoms with van der Waals surface area (Å²) in [5, 5.41) is 13.6. The van der Waals surface area contributed by atoms with Gasteiger partial charge in [-0.3, -0.25) is 19.7 Å². The Bertz CT molecular complexity index is 757. The lowest BCUT2D eigenvalue weighted by atomic mass is 9.84. The van der Waals surface area contributed by atoms with Crippen molar-refractivity contribution in [2.24, 2.45) is 5.92 Å². The zero-order valence-corrected chi connectivity index (χ0v) is 14.1. The first kappa shape index (κ1) is 18.3. The van der Waals surface area contributed by atoms with Crippen LogP contribution in [0.4, 0.5) is 5.69 Å². The van der Waals surface area contributed by atoms with Crippen molar-refractivity contribution in [1.82, 2.24) is 0 Å². The SMILES string of the molecule is Cc1ccc([C@@H](C[N+](=O)[O-])[C@@H](C)C(=O)C(=O)Nc2ccccc2)cc1. The van der Waals surface area contributed by atoms with Gasteiger partial charge in [0, 0.05) is 16.5 Å². The summed E-state index contributed by atoms with van der Waals surface area (Å²) >= 11 is 0. The Morgan fingerprint density at radius 3 is 2.24 bits per heavy atom. The van der Waals surface area contributed by atoms with Gasteiger partial charge in [-0.25, -0.2) is 0 Å². The number of rotatable bonds is 7. The van der Waals surface area contributed by atoms with Crippen LogP contribution in [0.5, 0.6) is 0 Å². The van der Waals surface area contributed by atoms with Gasteiger partial charge in [-0.1, -0.05) is 55.0 Å². The smallest absolute Gasteiger partial charge is 0.292 e. The third kappa shape index (κ3) is 4.97. The van der Waals surface area contributed by atoms with Gasteiger partial charge in [-0.15, -0.1) is 0 Å². The molecule has 0 fully saturated rings. The van der Waals surface area contributed by atoms with Crippen LogP contribution in [-0.2, 0) is 9.59 Å². The molecule has 6 nitrogen and oxygen atoms in total. The maximum absolute atomic E-state index is 12.5. The van der Waals surface area contributed by atoms with Crippen LogP contribution in [0.3, 0.4) is 0 Å². The molecule has 0 radical (unpaired) electrons. The third-order valence-electron chi connectivity index (χ3n) is 4.12. The van der Waals surface area contributed by atoms with Crippen LogP contribution < -0.4 is 5.32 Å². The average Bonchev–Trinajstić information content (AvgIpc) is 2.60. The number of para-hydroxylation sites is 1. The maximum Gasteiger partial charge on any atom is 0.292 e. The molecule has 0 aromatic heterocycles. The van der Waals surface area contributed by atoms with Gasteiger partial charge >= 0.3 is 0 Å².